The molecule has 0 aliphatic rings. The fraction of sp³-hybridized carbons (Fsp3) is 0.182. The summed E-state index contributed by atoms with van der Waals surface area (Å²) in [4.78, 5) is 25.2. The molecular weight excluding hydrogens is 424 g/mol. The van der Waals surface area contributed by atoms with Crippen LogP contribution in [0.4, 0.5) is 5.69 Å². The van der Waals surface area contributed by atoms with E-state index in [4.69, 9.17) is 11.6 Å². The second kappa shape index (κ2) is 10.5. The quantitative estimate of drug-likeness (QED) is 0.443. The molecule has 2 aromatic carbocycles. The first kappa shape index (κ1) is 21.4. The van der Waals surface area contributed by atoms with Crippen molar-refractivity contribution >= 4 is 52.2 Å². The molecule has 4 nitrogen and oxygen atoms in total. The normalized spacial score (nSPS) is 10.6. The van der Waals surface area contributed by atoms with Gasteiger partial charge < -0.3 is 10.6 Å². The molecule has 0 radical (unpaired) electrons. The summed E-state index contributed by atoms with van der Waals surface area (Å²) in [6, 6.07) is 16.9. The molecule has 1 heterocycles. The smallest absolute Gasteiger partial charge is 0.265 e. The van der Waals surface area contributed by atoms with E-state index in [-0.39, 0.29) is 11.8 Å². The SMILES string of the molecule is Cc1ccc(CSCCNC(=O)c2ccc(Cl)c(NC(=O)c3cccs3)c2)cc1. The third-order valence-electron chi connectivity index (χ3n) is 4.14. The van der Waals surface area contributed by atoms with Crippen LogP contribution < -0.4 is 10.6 Å². The van der Waals surface area contributed by atoms with Gasteiger partial charge in [-0.25, -0.2) is 0 Å². The molecule has 0 aliphatic heterocycles. The Labute approximate surface area is 183 Å². The summed E-state index contributed by atoms with van der Waals surface area (Å²) in [6.45, 7) is 2.64. The highest BCUT2D eigenvalue weighted by Gasteiger charge is 2.12. The minimum Gasteiger partial charge on any atom is -0.351 e. The van der Waals surface area contributed by atoms with E-state index in [9.17, 15) is 9.59 Å². The molecule has 3 aromatic rings. The maximum absolute atomic E-state index is 12.4. The predicted molar refractivity (Wildman–Crippen MR) is 123 cm³/mol. The summed E-state index contributed by atoms with van der Waals surface area (Å²) in [5.41, 5.74) is 3.40. The van der Waals surface area contributed by atoms with E-state index in [2.05, 4.69) is 41.8 Å². The summed E-state index contributed by atoms with van der Waals surface area (Å²) in [7, 11) is 0. The highest BCUT2D eigenvalue weighted by molar-refractivity contribution is 7.98. The average Bonchev–Trinajstić information content (AvgIpc) is 3.25. The maximum Gasteiger partial charge on any atom is 0.265 e. The number of thioether (sulfide) groups is 1. The molecule has 0 saturated carbocycles. The molecule has 29 heavy (non-hydrogen) atoms. The molecule has 0 unspecified atom stereocenters. The lowest BCUT2D eigenvalue weighted by Gasteiger charge is -2.10. The van der Waals surface area contributed by atoms with Crippen molar-refractivity contribution in [2.45, 2.75) is 12.7 Å². The third kappa shape index (κ3) is 6.35. The molecular formula is C22H21ClN2O2S2. The van der Waals surface area contributed by atoms with Crippen LogP contribution in [0.3, 0.4) is 0 Å². The van der Waals surface area contributed by atoms with Gasteiger partial charge in [-0.15, -0.1) is 11.3 Å². The zero-order chi connectivity index (χ0) is 20.6. The van der Waals surface area contributed by atoms with Crippen molar-refractivity contribution in [2.75, 3.05) is 17.6 Å². The van der Waals surface area contributed by atoms with Gasteiger partial charge in [-0.1, -0.05) is 47.5 Å². The predicted octanol–water partition coefficient (Wildman–Crippen LogP) is 5.63. The lowest BCUT2D eigenvalue weighted by molar-refractivity contribution is 0.0954. The zero-order valence-electron chi connectivity index (χ0n) is 15.9. The number of hydrogen-bond donors (Lipinski definition) is 2. The minimum atomic E-state index is -0.244. The van der Waals surface area contributed by atoms with Crippen LogP contribution in [0.2, 0.25) is 5.02 Å². The van der Waals surface area contributed by atoms with E-state index in [0.717, 1.165) is 11.5 Å². The number of thiophene rings is 1. The van der Waals surface area contributed by atoms with E-state index < -0.39 is 0 Å². The summed E-state index contributed by atoms with van der Waals surface area (Å²) in [5.74, 6) is 1.29. The van der Waals surface area contributed by atoms with Crippen molar-refractivity contribution < 1.29 is 9.59 Å². The van der Waals surface area contributed by atoms with Gasteiger partial charge in [0.2, 0.25) is 0 Å². The van der Waals surface area contributed by atoms with Crippen LogP contribution in [-0.2, 0) is 5.75 Å². The van der Waals surface area contributed by atoms with Crippen LogP contribution in [-0.4, -0.2) is 24.1 Å². The first-order valence-corrected chi connectivity index (χ1v) is 11.5. The lowest BCUT2D eigenvalue weighted by atomic mass is 10.2. The number of amides is 2. The van der Waals surface area contributed by atoms with Gasteiger partial charge in [0, 0.05) is 23.6 Å². The van der Waals surface area contributed by atoms with Crippen LogP contribution in [0.25, 0.3) is 0 Å². The number of anilines is 1. The van der Waals surface area contributed by atoms with Gasteiger partial charge >= 0.3 is 0 Å². The average molecular weight is 445 g/mol. The Kier molecular flexibility index (Phi) is 7.75. The summed E-state index contributed by atoms with van der Waals surface area (Å²) in [6.07, 6.45) is 0. The molecule has 0 atom stereocenters. The Bertz CT molecular complexity index is 973. The van der Waals surface area contributed by atoms with Crippen LogP contribution in [0.1, 0.15) is 31.2 Å². The highest BCUT2D eigenvalue weighted by Crippen LogP contribution is 2.24. The van der Waals surface area contributed by atoms with Gasteiger partial charge in [-0.05, 0) is 42.1 Å². The monoisotopic (exact) mass is 444 g/mol. The second-order valence-electron chi connectivity index (χ2n) is 6.42. The van der Waals surface area contributed by atoms with Crippen LogP contribution in [0.15, 0.2) is 60.0 Å². The fourth-order valence-corrected chi connectivity index (χ4v) is 4.17. The van der Waals surface area contributed by atoms with E-state index in [1.54, 1.807) is 36.0 Å². The molecule has 0 aliphatic carbocycles. The Morgan fingerprint density at radius 3 is 2.59 bits per heavy atom. The Morgan fingerprint density at radius 1 is 1.07 bits per heavy atom. The number of aryl methyl sites for hydroxylation is 1. The van der Waals surface area contributed by atoms with Crippen LogP contribution >= 0.6 is 34.7 Å². The van der Waals surface area contributed by atoms with Crippen molar-refractivity contribution in [2.24, 2.45) is 0 Å². The topological polar surface area (TPSA) is 58.2 Å². The van der Waals surface area contributed by atoms with Crippen molar-refractivity contribution in [3.63, 3.8) is 0 Å². The molecule has 0 bridgehead atoms. The van der Waals surface area contributed by atoms with Crippen molar-refractivity contribution in [3.8, 4) is 0 Å². The van der Waals surface area contributed by atoms with Crippen molar-refractivity contribution in [1.29, 1.82) is 0 Å². The van der Waals surface area contributed by atoms with Gasteiger partial charge in [-0.3, -0.25) is 9.59 Å². The Balaban J connectivity index is 1.48. The number of nitrogens with one attached hydrogen (secondary N) is 2. The first-order valence-electron chi connectivity index (χ1n) is 9.09. The highest BCUT2D eigenvalue weighted by atomic mass is 35.5. The van der Waals surface area contributed by atoms with Gasteiger partial charge in [0.15, 0.2) is 0 Å². The Morgan fingerprint density at radius 2 is 1.86 bits per heavy atom. The molecule has 3 rings (SSSR count). The third-order valence-corrected chi connectivity index (χ3v) is 6.37. The standard InChI is InChI=1S/C22H21ClN2O2S2/c1-15-4-6-16(7-5-15)14-28-12-10-24-21(26)17-8-9-18(23)19(13-17)25-22(27)20-3-2-11-29-20/h2-9,11,13H,10,12,14H2,1H3,(H,24,26)(H,25,27). The molecule has 0 fully saturated rings. The van der Waals surface area contributed by atoms with Gasteiger partial charge in [-0.2, -0.15) is 11.8 Å². The molecule has 2 amide bonds. The first-order chi connectivity index (χ1) is 14.0. The lowest BCUT2D eigenvalue weighted by Crippen LogP contribution is -2.26. The molecule has 0 spiro atoms. The number of rotatable bonds is 8. The van der Waals surface area contributed by atoms with Gasteiger partial charge in [0.05, 0.1) is 15.6 Å². The number of hydrogen-bond acceptors (Lipinski definition) is 4. The number of halogens is 1. The van der Waals surface area contributed by atoms with Crippen molar-refractivity contribution in [3.05, 3.63) is 86.6 Å². The van der Waals surface area contributed by atoms with E-state index in [1.165, 1.54) is 22.5 Å². The number of carbonyl (C=O) groups is 2. The second-order valence-corrected chi connectivity index (χ2v) is 8.88. The molecule has 0 saturated heterocycles. The molecule has 1 aromatic heterocycles. The van der Waals surface area contributed by atoms with Gasteiger partial charge in [0.1, 0.15) is 0 Å². The summed E-state index contributed by atoms with van der Waals surface area (Å²) in [5, 5.41) is 7.89. The maximum atomic E-state index is 12.4. The van der Waals surface area contributed by atoms with Crippen LogP contribution in [0, 0.1) is 6.92 Å². The Hall–Kier alpha value is -2.28. The van der Waals surface area contributed by atoms with Crippen molar-refractivity contribution in [1.82, 2.24) is 5.32 Å². The fourth-order valence-electron chi connectivity index (χ4n) is 2.57. The summed E-state index contributed by atoms with van der Waals surface area (Å²) < 4.78 is 0. The number of benzene rings is 2. The minimum absolute atomic E-state index is 0.191. The molecule has 7 heteroatoms. The van der Waals surface area contributed by atoms with E-state index in [1.807, 2.05) is 11.4 Å². The van der Waals surface area contributed by atoms with E-state index >= 15 is 0 Å². The molecule has 2 N–H and O–H groups in total. The summed E-state index contributed by atoms with van der Waals surface area (Å²) >= 11 is 9.29. The zero-order valence-corrected chi connectivity index (χ0v) is 18.3. The largest absolute Gasteiger partial charge is 0.351 e. The molecule has 150 valence electrons. The van der Waals surface area contributed by atoms with Crippen LogP contribution in [0.5, 0.6) is 0 Å². The van der Waals surface area contributed by atoms with E-state index in [0.29, 0.717) is 27.7 Å². The van der Waals surface area contributed by atoms with Gasteiger partial charge in [0.25, 0.3) is 11.8 Å². The number of carbonyl (C=O) groups excluding carboxylic acids is 2.